The van der Waals surface area contributed by atoms with E-state index in [4.69, 9.17) is 9.47 Å². The van der Waals surface area contributed by atoms with Crippen molar-refractivity contribution in [2.45, 2.75) is 118 Å². The van der Waals surface area contributed by atoms with Gasteiger partial charge in [0.15, 0.2) is 27.7 Å². The second-order valence-electron chi connectivity index (χ2n) is 12.1. The van der Waals surface area contributed by atoms with Crippen LogP contribution in [0.5, 0.6) is 0 Å². The van der Waals surface area contributed by atoms with Gasteiger partial charge in [-0.2, -0.15) is 0 Å². The van der Waals surface area contributed by atoms with Crippen LogP contribution in [-0.2, 0) is 15.9 Å². The predicted molar refractivity (Wildman–Crippen MR) is 199 cm³/mol. The summed E-state index contributed by atoms with van der Waals surface area (Å²) in [6.07, 6.45) is 18.6. The van der Waals surface area contributed by atoms with Crippen molar-refractivity contribution in [3.05, 3.63) is 101 Å². The third-order valence-corrected chi connectivity index (χ3v) is 15.5. The van der Waals surface area contributed by atoms with E-state index in [9.17, 15) is 0 Å². The van der Waals surface area contributed by atoms with Crippen LogP contribution in [-0.4, -0.2) is 19.5 Å². The van der Waals surface area contributed by atoms with Crippen molar-refractivity contribution in [2.24, 2.45) is 0 Å². The van der Waals surface area contributed by atoms with Gasteiger partial charge < -0.3 is 9.47 Å². The molecule has 240 valence electrons. The van der Waals surface area contributed by atoms with E-state index < -0.39 is 5.96 Å². The van der Waals surface area contributed by atoms with E-state index in [1.165, 1.54) is 76.7 Å². The molecule has 0 aliphatic rings. The van der Waals surface area contributed by atoms with Gasteiger partial charge in [-0.15, -0.1) is 0 Å². The largest absolute Gasteiger partial charge is 0.353 e. The molecule has 0 spiro atoms. The maximum atomic E-state index is 5.99. The third-order valence-electron chi connectivity index (χ3n) is 8.54. The molecule has 0 radical (unpaired) electrons. The Bertz CT molecular complexity index is 1210. The van der Waals surface area contributed by atoms with E-state index >= 15 is 0 Å². The minimum atomic E-state index is -1.97. The molecule has 44 heavy (non-hydrogen) atoms. The first kappa shape index (κ1) is 36.7. The summed E-state index contributed by atoms with van der Waals surface area (Å²) >= 11 is 4.45. The smallest absolute Gasteiger partial charge is 0.181 e. The van der Waals surface area contributed by atoms with Crippen LogP contribution in [0.25, 0.3) is 0 Å². The van der Waals surface area contributed by atoms with Crippen molar-refractivity contribution < 1.29 is 9.47 Å². The van der Waals surface area contributed by atoms with E-state index in [2.05, 4.69) is 129 Å². The molecular weight excluding hydrogens is 623 g/mol. The SMILES string of the molecule is CCCCOC(CCCCC/C=C\CCCc1cccc([P+](Br)(c2ccccc2C)c2ccccc2C)c1C)OCCCC. The number of hydrogen-bond donors (Lipinski definition) is 0. The third kappa shape index (κ3) is 10.9. The minimum absolute atomic E-state index is 0.0177. The highest BCUT2D eigenvalue weighted by Gasteiger charge is 2.47. The second kappa shape index (κ2) is 20.4. The summed E-state index contributed by atoms with van der Waals surface area (Å²) in [4.78, 5) is 0. The van der Waals surface area contributed by atoms with Crippen LogP contribution in [0.3, 0.4) is 0 Å². The standard InChI is InChI=1S/C40H57BrO2P/c1-6-8-31-42-40(43-32-9-7-2)30-17-15-13-11-10-12-14-16-25-36-26-22-29-39(35(36)5)44(41,37-27-20-18-23-33(37)3)38-28-21-19-24-34(38)4/h10,12,18-24,26-29,40H,6-9,11,13-17,25,30-32H2,1-5H3/q+1/b12-10-. The lowest BCUT2D eigenvalue weighted by Crippen LogP contribution is -2.31. The molecule has 0 atom stereocenters. The molecule has 3 aromatic rings. The number of hydrogen-bond acceptors (Lipinski definition) is 2. The molecule has 0 N–H and O–H groups in total. The summed E-state index contributed by atoms with van der Waals surface area (Å²) in [5, 5.41) is 4.28. The molecule has 0 fully saturated rings. The fourth-order valence-corrected chi connectivity index (χ4v) is 12.7. The van der Waals surface area contributed by atoms with Crippen molar-refractivity contribution in [1.82, 2.24) is 0 Å². The van der Waals surface area contributed by atoms with Gasteiger partial charge in [-0.25, -0.2) is 0 Å². The number of ether oxygens (including phenoxy) is 2. The van der Waals surface area contributed by atoms with Crippen molar-refractivity contribution in [3.63, 3.8) is 0 Å². The molecule has 0 saturated heterocycles. The van der Waals surface area contributed by atoms with Crippen LogP contribution in [0.2, 0.25) is 0 Å². The lowest BCUT2D eigenvalue weighted by molar-refractivity contribution is -0.147. The molecule has 0 amide bonds. The van der Waals surface area contributed by atoms with Gasteiger partial charge in [0.25, 0.3) is 0 Å². The normalized spacial score (nSPS) is 12.1. The fraction of sp³-hybridized carbons (Fsp3) is 0.500. The van der Waals surface area contributed by atoms with Crippen molar-refractivity contribution in [3.8, 4) is 0 Å². The first-order chi connectivity index (χ1) is 21.4. The Morgan fingerprint density at radius 2 is 1.18 bits per heavy atom. The van der Waals surface area contributed by atoms with Gasteiger partial charge in [0, 0.05) is 13.2 Å². The van der Waals surface area contributed by atoms with Crippen molar-refractivity contribution in [1.29, 1.82) is 0 Å². The zero-order chi connectivity index (χ0) is 31.6. The molecule has 0 bridgehead atoms. The highest BCUT2D eigenvalue weighted by atomic mass is 79.9. The molecule has 2 nitrogen and oxygen atoms in total. The predicted octanol–water partition coefficient (Wildman–Crippen LogP) is 11.0. The molecule has 0 unspecified atom stereocenters. The zero-order valence-corrected chi connectivity index (χ0v) is 30.6. The molecule has 0 aliphatic carbocycles. The lowest BCUT2D eigenvalue weighted by Gasteiger charge is -2.25. The maximum absolute atomic E-state index is 5.99. The van der Waals surface area contributed by atoms with Crippen LogP contribution in [0.15, 0.2) is 78.9 Å². The Labute approximate surface area is 278 Å². The highest BCUT2D eigenvalue weighted by molar-refractivity contribution is 9.44. The molecule has 0 saturated carbocycles. The number of unbranched alkanes of at least 4 members (excludes halogenated alkanes) is 6. The van der Waals surface area contributed by atoms with Gasteiger partial charge in [-0.3, -0.25) is 0 Å². The zero-order valence-electron chi connectivity index (χ0n) is 28.1. The second-order valence-corrected chi connectivity index (χ2v) is 17.9. The number of aryl methyl sites for hydroxylation is 3. The van der Waals surface area contributed by atoms with Crippen LogP contribution in [0.4, 0.5) is 0 Å². The monoisotopic (exact) mass is 679 g/mol. The van der Waals surface area contributed by atoms with Gasteiger partial charge in [0.2, 0.25) is 0 Å². The highest BCUT2D eigenvalue weighted by Crippen LogP contribution is 2.64. The van der Waals surface area contributed by atoms with Gasteiger partial charge in [0.05, 0.1) is 0 Å². The van der Waals surface area contributed by atoms with Gasteiger partial charge in [-0.1, -0.05) is 93.8 Å². The minimum Gasteiger partial charge on any atom is -0.353 e. The van der Waals surface area contributed by atoms with E-state index in [1.807, 2.05) is 0 Å². The maximum Gasteiger partial charge on any atom is 0.181 e. The van der Waals surface area contributed by atoms with Crippen molar-refractivity contribution >= 4 is 37.4 Å². The molecular formula is C40H57BrO2P+. The first-order valence-corrected chi connectivity index (χ1v) is 20.9. The Kier molecular flexibility index (Phi) is 17.0. The molecule has 0 heterocycles. The average molecular weight is 681 g/mol. The molecule has 3 aromatic carbocycles. The molecule has 3 rings (SSSR count). The number of benzene rings is 3. The Morgan fingerprint density at radius 3 is 1.75 bits per heavy atom. The van der Waals surface area contributed by atoms with Gasteiger partial charge in [-0.05, 0) is 119 Å². The molecule has 4 heteroatoms. The summed E-state index contributed by atoms with van der Waals surface area (Å²) in [7, 11) is 0. The summed E-state index contributed by atoms with van der Waals surface area (Å²) in [6, 6.07) is 24.8. The summed E-state index contributed by atoms with van der Waals surface area (Å²) in [5.74, 6) is -1.97. The van der Waals surface area contributed by atoms with E-state index in [0.717, 1.165) is 51.7 Å². The summed E-state index contributed by atoms with van der Waals surface area (Å²) < 4.78 is 12.0. The summed E-state index contributed by atoms with van der Waals surface area (Å²) in [5.41, 5.74) is 5.59. The number of allylic oxidation sites excluding steroid dienone is 2. The van der Waals surface area contributed by atoms with Gasteiger partial charge in [0.1, 0.15) is 15.9 Å². The Morgan fingerprint density at radius 1 is 0.636 bits per heavy atom. The van der Waals surface area contributed by atoms with Crippen LogP contribution in [0, 0.1) is 20.8 Å². The Balaban J connectivity index is 1.52. The topological polar surface area (TPSA) is 18.5 Å². The Hall–Kier alpha value is -1.77. The van der Waals surface area contributed by atoms with Crippen molar-refractivity contribution in [2.75, 3.05) is 13.2 Å². The average Bonchev–Trinajstić information content (AvgIpc) is 3.02. The van der Waals surface area contributed by atoms with E-state index in [0.29, 0.717) is 0 Å². The van der Waals surface area contributed by atoms with Crippen LogP contribution < -0.4 is 15.9 Å². The fourth-order valence-electron chi connectivity index (χ4n) is 5.81. The molecule has 0 aliphatic heterocycles. The quantitative estimate of drug-likeness (QED) is 0.0483. The van der Waals surface area contributed by atoms with E-state index in [1.54, 1.807) is 0 Å². The lowest BCUT2D eigenvalue weighted by atomic mass is 10.0. The molecule has 0 aromatic heterocycles. The van der Waals surface area contributed by atoms with E-state index in [-0.39, 0.29) is 6.29 Å². The number of rotatable bonds is 21. The van der Waals surface area contributed by atoms with Crippen LogP contribution >= 0.6 is 21.5 Å². The first-order valence-electron chi connectivity index (χ1n) is 17.1. The van der Waals surface area contributed by atoms with Crippen LogP contribution in [0.1, 0.15) is 107 Å². The van der Waals surface area contributed by atoms with Gasteiger partial charge >= 0.3 is 0 Å². The summed E-state index contributed by atoms with van der Waals surface area (Å²) in [6.45, 7) is 12.9. The number of halogens is 1.